The Labute approximate surface area is 130 Å². The molecule has 1 saturated heterocycles. The monoisotopic (exact) mass is 300 g/mol. The van der Waals surface area contributed by atoms with E-state index in [1.807, 2.05) is 18.2 Å². The smallest absolute Gasteiger partial charge is 0.260 e. The number of likely N-dealkylation sites (tertiary alicyclic amines) is 1. The van der Waals surface area contributed by atoms with E-state index in [2.05, 4.69) is 34.0 Å². The van der Waals surface area contributed by atoms with Crippen LogP contribution in [0.4, 0.5) is 5.95 Å². The fraction of sp³-hybridized carbons (Fsp3) is 0.529. The van der Waals surface area contributed by atoms with Crippen LogP contribution in [-0.2, 0) is 0 Å². The number of hydrogen-bond donors (Lipinski definition) is 2. The number of hydrogen-bond acceptors (Lipinski definition) is 4. The lowest BCUT2D eigenvalue weighted by molar-refractivity contribution is 0.234. The summed E-state index contributed by atoms with van der Waals surface area (Å²) < 4.78 is 0. The van der Waals surface area contributed by atoms with E-state index in [1.165, 1.54) is 19.4 Å². The first kappa shape index (κ1) is 15.0. The zero-order valence-corrected chi connectivity index (χ0v) is 13.3. The van der Waals surface area contributed by atoms with Gasteiger partial charge in [0.2, 0.25) is 5.95 Å². The molecule has 3 rings (SSSR count). The van der Waals surface area contributed by atoms with Crippen molar-refractivity contribution in [3.8, 4) is 0 Å². The molecule has 1 atom stereocenters. The van der Waals surface area contributed by atoms with Crippen LogP contribution in [0.2, 0.25) is 0 Å². The van der Waals surface area contributed by atoms with Gasteiger partial charge in [-0.2, -0.15) is 0 Å². The Morgan fingerprint density at radius 3 is 3.05 bits per heavy atom. The number of nitrogens with zero attached hydrogens (tertiary/aromatic N) is 2. The number of benzene rings is 1. The summed E-state index contributed by atoms with van der Waals surface area (Å²) in [5, 5.41) is 3.95. The Morgan fingerprint density at radius 1 is 1.41 bits per heavy atom. The molecule has 0 radical (unpaired) electrons. The van der Waals surface area contributed by atoms with Gasteiger partial charge < -0.3 is 5.32 Å². The van der Waals surface area contributed by atoms with Crippen LogP contribution in [0.5, 0.6) is 0 Å². The van der Waals surface area contributed by atoms with Crippen LogP contribution in [0.25, 0.3) is 10.9 Å². The molecule has 2 aromatic rings. The van der Waals surface area contributed by atoms with Crippen LogP contribution < -0.4 is 10.9 Å². The lowest BCUT2D eigenvalue weighted by atomic mass is 10.1. The average molecular weight is 300 g/mol. The van der Waals surface area contributed by atoms with Gasteiger partial charge in [0.15, 0.2) is 0 Å². The van der Waals surface area contributed by atoms with Crippen LogP contribution in [0, 0.1) is 5.92 Å². The molecule has 0 spiro atoms. The first-order valence-electron chi connectivity index (χ1n) is 8.10. The maximum Gasteiger partial charge on any atom is 0.260 e. The molecule has 1 fully saturated rings. The zero-order valence-electron chi connectivity index (χ0n) is 13.3. The van der Waals surface area contributed by atoms with Crippen molar-refractivity contribution in [3.05, 3.63) is 34.6 Å². The fourth-order valence-corrected chi connectivity index (χ4v) is 3.22. The first-order valence-corrected chi connectivity index (χ1v) is 8.10. The minimum atomic E-state index is -0.0847. The second-order valence-electron chi connectivity index (χ2n) is 6.50. The van der Waals surface area contributed by atoms with Gasteiger partial charge in [0.25, 0.3) is 5.56 Å². The van der Waals surface area contributed by atoms with Crippen molar-refractivity contribution in [2.24, 2.45) is 5.92 Å². The number of rotatable bonds is 5. The predicted molar refractivity (Wildman–Crippen MR) is 90.3 cm³/mol. The van der Waals surface area contributed by atoms with Gasteiger partial charge in [0.05, 0.1) is 10.9 Å². The van der Waals surface area contributed by atoms with Gasteiger partial charge in [-0.25, -0.2) is 4.98 Å². The van der Waals surface area contributed by atoms with Gasteiger partial charge >= 0.3 is 0 Å². The third-order valence-electron chi connectivity index (χ3n) is 4.22. The van der Waals surface area contributed by atoms with Gasteiger partial charge in [0, 0.05) is 19.1 Å². The lowest BCUT2D eigenvalue weighted by Crippen LogP contribution is -2.37. The predicted octanol–water partition coefficient (Wildman–Crippen LogP) is 2.46. The maximum absolute atomic E-state index is 12.1. The summed E-state index contributed by atoms with van der Waals surface area (Å²) in [6.07, 6.45) is 2.46. The lowest BCUT2D eigenvalue weighted by Gasteiger charge is -2.26. The highest BCUT2D eigenvalue weighted by Crippen LogP contribution is 2.19. The van der Waals surface area contributed by atoms with Crippen molar-refractivity contribution >= 4 is 16.9 Å². The quantitative estimate of drug-likeness (QED) is 0.890. The highest BCUT2D eigenvalue weighted by Gasteiger charge is 2.24. The topological polar surface area (TPSA) is 61.0 Å². The van der Waals surface area contributed by atoms with Crippen molar-refractivity contribution in [3.63, 3.8) is 0 Å². The number of anilines is 1. The SMILES string of the molecule is CC(C)CN1CCC[C@@H]1CNc1nc2ccccc2c(=O)[nH]1. The molecule has 5 heteroatoms. The molecule has 1 aliphatic heterocycles. The molecule has 5 nitrogen and oxygen atoms in total. The van der Waals surface area contributed by atoms with E-state index in [0.29, 0.717) is 23.3 Å². The third-order valence-corrected chi connectivity index (χ3v) is 4.22. The maximum atomic E-state index is 12.1. The van der Waals surface area contributed by atoms with Crippen LogP contribution in [0.3, 0.4) is 0 Å². The highest BCUT2D eigenvalue weighted by molar-refractivity contribution is 5.78. The van der Waals surface area contributed by atoms with E-state index in [-0.39, 0.29) is 5.56 Å². The molecule has 1 aromatic heterocycles. The van der Waals surface area contributed by atoms with Crippen LogP contribution in [-0.4, -0.2) is 40.5 Å². The minimum absolute atomic E-state index is 0.0847. The van der Waals surface area contributed by atoms with Gasteiger partial charge in [0.1, 0.15) is 0 Å². The van der Waals surface area contributed by atoms with Gasteiger partial charge in [-0.05, 0) is 37.4 Å². The Hall–Kier alpha value is -1.88. The number of H-pyrrole nitrogens is 1. The molecule has 2 heterocycles. The van der Waals surface area contributed by atoms with Gasteiger partial charge in [-0.15, -0.1) is 0 Å². The molecule has 118 valence electrons. The molecule has 0 amide bonds. The molecule has 0 bridgehead atoms. The fourth-order valence-electron chi connectivity index (χ4n) is 3.22. The number of aromatic amines is 1. The van der Waals surface area contributed by atoms with E-state index in [9.17, 15) is 4.79 Å². The summed E-state index contributed by atoms with van der Waals surface area (Å²) >= 11 is 0. The van der Waals surface area contributed by atoms with E-state index in [0.717, 1.165) is 18.6 Å². The molecule has 1 aromatic carbocycles. The van der Waals surface area contributed by atoms with Crippen molar-refractivity contribution in [1.29, 1.82) is 0 Å². The number of para-hydroxylation sites is 1. The van der Waals surface area contributed by atoms with E-state index in [1.54, 1.807) is 6.07 Å². The molecule has 1 aliphatic rings. The Morgan fingerprint density at radius 2 is 2.23 bits per heavy atom. The summed E-state index contributed by atoms with van der Waals surface area (Å²) in [5.41, 5.74) is 0.651. The largest absolute Gasteiger partial charge is 0.354 e. The first-order chi connectivity index (χ1) is 10.6. The van der Waals surface area contributed by atoms with Gasteiger partial charge in [-0.1, -0.05) is 26.0 Å². The molecule has 2 N–H and O–H groups in total. The number of fused-ring (bicyclic) bond motifs is 1. The Balaban J connectivity index is 1.70. The van der Waals surface area contributed by atoms with Crippen molar-refractivity contribution in [2.45, 2.75) is 32.7 Å². The minimum Gasteiger partial charge on any atom is -0.354 e. The summed E-state index contributed by atoms with van der Waals surface area (Å²) in [6, 6.07) is 7.95. The number of aromatic nitrogens is 2. The zero-order chi connectivity index (χ0) is 15.5. The molecular weight excluding hydrogens is 276 g/mol. The molecular formula is C17H24N4O. The summed E-state index contributed by atoms with van der Waals surface area (Å²) in [7, 11) is 0. The van der Waals surface area contributed by atoms with Crippen molar-refractivity contribution in [1.82, 2.24) is 14.9 Å². The molecule has 0 unspecified atom stereocenters. The van der Waals surface area contributed by atoms with Crippen LogP contribution in [0.1, 0.15) is 26.7 Å². The van der Waals surface area contributed by atoms with Gasteiger partial charge in [-0.3, -0.25) is 14.7 Å². The third kappa shape index (κ3) is 3.30. The van der Waals surface area contributed by atoms with E-state index in [4.69, 9.17) is 0 Å². The molecule has 0 saturated carbocycles. The number of nitrogens with one attached hydrogen (secondary N) is 2. The molecule has 22 heavy (non-hydrogen) atoms. The van der Waals surface area contributed by atoms with Crippen molar-refractivity contribution < 1.29 is 0 Å². The van der Waals surface area contributed by atoms with Crippen LogP contribution in [0.15, 0.2) is 29.1 Å². The van der Waals surface area contributed by atoms with E-state index >= 15 is 0 Å². The Bertz CT molecular complexity index is 694. The molecule has 0 aliphatic carbocycles. The Kier molecular flexibility index (Phi) is 4.43. The summed E-state index contributed by atoms with van der Waals surface area (Å²) in [4.78, 5) is 21.9. The van der Waals surface area contributed by atoms with Crippen molar-refractivity contribution in [2.75, 3.05) is 25.0 Å². The summed E-state index contributed by atoms with van der Waals surface area (Å²) in [5.74, 6) is 1.25. The normalized spacial score (nSPS) is 19.1. The second-order valence-corrected chi connectivity index (χ2v) is 6.50. The standard InChI is InChI=1S/C17H24N4O/c1-12(2)11-21-9-5-6-13(21)10-18-17-19-15-8-4-3-7-14(15)16(22)20-17/h3-4,7-8,12-13H,5-6,9-11H2,1-2H3,(H2,18,19,20,22)/t13-/m1/s1. The highest BCUT2D eigenvalue weighted by atomic mass is 16.1. The second kappa shape index (κ2) is 6.48. The van der Waals surface area contributed by atoms with Crippen LogP contribution >= 0.6 is 0 Å². The summed E-state index contributed by atoms with van der Waals surface area (Å²) in [6.45, 7) is 7.64. The average Bonchev–Trinajstić information content (AvgIpc) is 2.91. The van der Waals surface area contributed by atoms with E-state index < -0.39 is 0 Å².